The van der Waals surface area contributed by atoms with E-state index in [-0.39, 0.29) is 104 Å². The summed E-state index contributed by atoms with van der Waals surface area (Å²) in [5.41, 5.74) is 0. The molecular weight excluding hydrogens is 1180 g/mol. The maximum absolute atomic E-state index is 14.1. The molecule has 37 nitrogen and oxygen atoms in total. The molecular formula is C50H89N5O32. The number of carboxylic acid groups (broad SMARTS) is 3. The number of rotatable bonds is 40. The van der Waals surface area contributed by atoms with E-state index < -0.39 is 212 Å². The third kappa shape index (κ3) is 23.5. The van der Waals surface area contributed by atoms with E-state index in [9.17, 15) is 121 Å². The van der Waals surface area contributed by atoms with Gasteiger partial charge in [0.15, 0.2) is 25.2 Å². The molecule has 0 radical (unpaired) electrons. The molecule has 0 bridgehead atoms. The highest BCUT2D eigenvalue weighted by atomic mass is 16.7. The standard InChI is InChI=1S/C50H89N5O32/c56-22-26-35(68)39(72)43(76)47(84-26)80-13-1-5-54(6-2-14-81-48-44(77)40(73)36(69)27(23-57)85-48)30(60)17-52(20-33(64)65)11-9-51(19-32(62)63)10-12-53(21-34(66)67)18-31(61)55(7-3-15-82-49-45(78)41(74)37(70)28(24-58)86-49)8-4-16-83-50-46(79)42(75)38(71)29(25-59)87-50/h26-29,35-50,56-59,68-79H,1-25H2,(H,62,63)(H,64,65)(H,66,67)/t26-,27-,28+,29+,35+,36+,37-,38-,39-,40-,41+,42+,43+,44+,45-,46-,47?,48?,49?,50?. The van der Waals surface area contributed by atoms with Gasteiger partial charge in [0.05, 0.1) is 85.6 Å². The Morgan fingerprint density at radius 2 is 0.517 bits per heavy atom. The second kappa shape index (κ2) is 38.2. The van der Waals surface area contributed by atoms with Crippen LogP contribution in [0.25, 0.3) is 0 Å². The quantitative estimate of drug-likeness (QED) is 0.0253. The predicted molar refractivity (Wildman–Crippen MR) is 283 cm³/mol. The third-order valence-electron chi connectivity index (χ3n) is 14.8. The van der Waals surface area contributed by atoms with E-state index in [1.807, 2.05) is 0 Å². The van der Waals surface area contributed by atoms with Crippen molar-refractivity contribution in [1.29, 1.82) is 0 Å². The van der Waals surface area contributed by atoms with Gasteiger partial charge in [0.25, 0.3) is 0 Å². The Morgan fingerprint density at radius 3 is 0.736 bits per heavy atom. The summed E-state index contributed by atoms with van der Waals surface area (Å²) >= 11 is 0. The summed E-state index contributed by atoms with van der Waals surface area (Å²) in [7, 11) is 0. The molecule has 20 atom stereocenters. The number of carbonyl (C=O) groups is 5. The fourth-order valence-corrected chi connectivity index (χ4v) is 9.78. The number of ether oxygens (including phenoxy) is 8. The Labute approximate surface area is 498 Å². The van der Waals surface area contributed by atoms with Crippen molar-refractivity contribution in [2.24, 2.45) is 0 Å². The van der Waals surface area contributed by atoms with Crippen molar-refractivity contribution in [3.63, 3.8) is 0 Å². The van der Waals surface area contributed by atoms with E-state index in [0.717, 1.165) is 0 Å². The lowest BCUT2D eigenvalue weighted by molar-refractivity contribution is -0.301. The number of aliphatic carboxylic acids is 3. The number of aliphatic hydroxyl groups excluding tert-OH is 16. The first-order valence-corrected chi connectivity index (χ1v) is 28.3. The van der Waals surface area contributed by atoms with Crippen LogP contribution in [0, 0.1) is 0 Å². The van der Waals surface area contributed by atoms with Gasteiger partial charge in [-0.05, 0) is 25.7 Å². The zero-order valence-corrected chi connectivity index (χ0v) is 47.8. The van der Waals surface area contributed by atoms with Gasteiger partial charge in [-0.3, -0.25) is 38.7 Å². The van der Waals surface area contributed by atoms with Crippen LogP contribution in [0.1, 0.15) is 25.7 Å². The topological polar surface area (TPSA) is 560 Å². The van der Waals surface area contributed by atoms with E-state index in [1.165, 1.54) is 24.5 Å². The number of aliphatic hydroxyl groups is 16. The Balaban J connectivity index is 1.44. The molecule has 4 aliphatic rings. The number of amides is 2. The Bertz CT molecular complexity index is 1820. The highest BCUT2D eigenvalue weighted by Crippen LogP contribution is 2.26. The summed E-state index contributed by atoms with van der Waals surface area (Å²) in [5.74, 6) is -5.51. The minimum absolute atomic E-state index is 0.00662. The van der Waals surface area contributed by atoms with Crippen LogP contribution in [0.2, 0.25) is 0 Å². The number of nitrogens with zero attached hydrogens (tertiary/aromatic N) is 5. The molecule has 37 heteroatoms. The first-order chi connectivity index (χ1) is 41.3. The van der Waals surface area contributed by atoms with Crippen molar-refractivity contribution >= 4 is 29.7 Å². The van der Waals surface area contributed by atoms with Crippen molar-refractivity contribution in [3.05, 3.63) is 0 Å². The van der Waals surface area contributed by atoms with E-state index in [2.05, 4.69) is 0 Å². The monoisotopic (exact) mass is 1270 g/mol. The fourth-order valence-electron chi connectivity index (χ4n) is 9.78. The molecule has 4 heterocycles. The van der Waals surface area contributed by atoms with E-state index in [4.69, 9.17) is 37.9 Å². The average molecular weight is 1270 g/mol. The lowest BCUT2D eigenvalue weighted by Crippen LogP contribution is -2.59. The minimum Gasteiger partial charge on any atom is -0.480 e. The Hall–Kier alpha value is -3.73. The van der Waals surface area contributed by atoms with Crippen molar-refractivity contribution in [3.8, 4) is 0 Å². The summed E-state index contributed by atoms with van der Waals surface area (Å²) in [6.45, 7) is -8.79. The van der Waals surface area contributed by atoms with Crippen LogP contribution in [0.5, 0.6) is 0 Å². The van der Waals surface area contributed by atoms with Gasteiger partial charge in [-0.15, -0.1) is 0 Å². The molecule has 0 saturated carbocycles. The van der Waals surface area contributed by atoms with Crippen molar-refractivity contribution in [1.82, 2.24) is 24.5 Å². The second-order valence-corrected chi connectivity index (χ2v) is 21.3. The maximum atomic E-state index is 14.1. The third-order valence-corrected chi connectivity index (χ3v) is 14.8. The highest BCUT2D eigenvalue weighted by molar-refractivity contribution is 5.80. The number of carboxylic acids is 3. The summed E-state index contributed by atoms with van der Waals surface area (Å²) < 4.78 is 43.7. The number of hydrogen-bond acceptors (Lipinski definition) is 32. The summed E-state index contributed by atoms with van der Waals surface area (Å²) in [6.07, 6.45) is -31.7. The first-order valence-electron chi connectivity index (χ1n) is 28.3. The Kier molecular flexibility index (Phi) is 33.2. The van der Waals surface area contributed by atoms with E-state index >= 15 is 0 Å². The van der Waals surface area contributed by atoms with Crippen LogP contribution in [0.3, 0.4) is 0 Å². The molecule has 4 fully saturated rings. The van der Waals surface area contributed by atoms with Crippen LogP contribution >= 0.6 is 0 Å². The van der Waals surface area contributed by atoms with E-state index in [1.54, 1.807) is 0 Å². The van der Waals surface area contributed by atoms with Crippen LogP contribution in [-0.2, 0) is 61.9 Å². The minimum atomic E-state index is -1.75. The van der Waals surface area contributed by atoms with Gasteiger partial charge in [0, 0.05) is 52.4 Å². The van der Waals surface area contributed by atoms with Gasteiger partial charge in [-0.1, -0.05) is 0 Å². The van der Waals surface area contributed by atoms with Gasteiger partial charge in [0.1, 0.15) is 97.7 Å². The van der Waals surface area contributed by atoms with Crippen LogP contribution < -0.4 is 0 Å². The fraction of sp³-hybridized carbons (Fsp3) is 0.900. The molecule has 4 unspecified atom stereocenters. The molecule has 506 valence electrons. The first kappa shape index (κ1) is 75.7. The zero-order chi connectivity index (χ0) is 64.7. The SMILES string of the molecule is O=C(O)CN(CCN(CC(=O)O)CC(=O)N(CCCOC1O[C@H](CO)[C@H](O)[C@@H](O)[C@@H]1O)CCCOC1O[C@H](CO)[C@H](O)[C@@H](O)[C@@H]1O)CCN(CC(=O)O)CC(=O)N(CCCOC1O[C@@H](CO)[C@@H](O)[C@H](O)[C@H]1O)CCCOC1O[C@@H](CO)[C@@H](O)[C@H](O)[C@H]1O. The summed E-state index contributed by atoms with van der Waals surface area (Å²) in [4.78, 5) is 70.9. The smallest absolute Gasteiger partial charge is 0.317 e. The average Bonchev–Trinajstić information content (AvgIpc) is 3.12. The molecule has 0 aliphatic carbocycles. The molecule has 0 aromatic heterocycles. The van der Waals surface area contributed by atoms with Crippen LogP contribution in [0.15, 0.2) is 0 Å². The summed E-state index contributed by atoms with van der Waals surface area (Å²) in [5, 5.41) is 191. The lowest BCUT2D eigenvalue weighted by atomic mass is 9.99. The highest BCUT2D eigenvalue weighted by Gasteiger charge is 2.47. The van der Waals surface area contributed by atoms with Gasteiger partial charge >= 0.3 is 17.9 Å². The molecule has 19 N–H and O–H groups in total. The van der Waals surface area contributed by atoms with Gasteiger partial charge in [0.2, 0.25) is 11.8 Å². The van der Waals surface area contributed by atoms with E-state index in [0.29, 0.717) is 0 Å². The van der Waals surface area contributed by atoms with Crippen LogP contribution in [0.4, 0.5) is 0 Å². The van der Waals surface area contributed by atoms with Gasteiger partial charge < -0.3 is 145 Å². The molecule has 0 aromatic carbocycles. The molecule has 0 spiro atoms. The van der Waals surface area contributed by atoms with Crippen LogP contribution in [-0.4, -0.2) is 412 Å². The molecule has 4 rings (SSSR count). The van der Waals surface area contributed by atoms with Crippen molar-refractivity contribution in [2.45, 2.75) is 149 Å². The molecule has 87 heavy (non-hydrogen) atoms. The molecule has 4 aliphatic heterocycles. The number of hydrogen-bond donors (Lipinski definition) is 19. The summed E-state index contributed by atoms with van der Waals surface area (Å²) in [6, 6.07) is 0. The predicted octanol–water partition coefficient (Wildman–Crippen LogP) is -12.4. The maximum Gasteiger partial charge on any atom is 0.317 e. The normalized spacial score (nSPS) is 33.0. The van der Waals surface area contributed by atoms with Gasteiger partial charge in [-0.25, -0.2) is 0 Å². The second-order valence-electron chi connectivity index (χ2n) is 21.3. The molecule has 2 amide bonds. The molecule has 4 saturated heterocycles. The zero-order valence-electron chi connectivity index (χ0n) is 47.8. The van der Waals surface area contributed by atoms with Crippen molar-refractivity contribution in [2.75, 3.05) is 138 Å². The largest absolute Gasteiger partial charge is 0.480 e. The number of carbonyl (C=O) groups excluding carboxylic acids is 2. The lowest BCUT2D eigenvalue weighted by Gasteiger charge is -2.39. The Morgan fingerprint density at radius 1 is 0.299 bits per heavy atom. The van der Waals surface area contributed by atoms with Crippen molar-refractivity contribution < 1.29 is 159 Å². The van der Waals surface area contributed by atoms with Gasteiger partial charge in [-0.2, -0.15) is 0 Å². The molecule has 0 aromatic rings.